The van der Waals surface area contributed by atoms with Crippen LogP contribution in [0, 0.1) is 5.92 Å². The number of rotatable bonds is 0. The van der Waals surface area contributed by atoms with Gasteiger partial charge in [-0.3, -0.25) is 0 Å². The Labute approximate surface area is 62.3 Å². The smallest absolute Gasteiger partial charge is 0.0880 e. The van der Waals surface area contributed by atoms with E-state index in [-0.39, 0.29) is 18.0 Å². The van der Waals surface area contributed by atoms with Gasteiger partial charge in [0.05, 0.1) is 26.7 Å². The van der Waals surface area contributed by atoms with Gasteiger partial charge in [-0.15, -0.1) is 0 Å². The molecule has 0 saturated carbocycles. The van der Waals surface area contributed by atoms with Crippen molar-refractivity contribution in [2.75, 3.05) is 13.2 Å². The van der Waals surface area contributed by atoms with Crippen LogP contribution < -0.4 is 0 Å². The van der Waals surface area contributed by atoms with Crippen LogP contribution >= 0.6 is 0 Å². The Hall–Kier alpha value is -0.0151. The van der Waals surface area contributed by atoms with E-state index in [2.05, 4.69) is 6.92 Å². The largest absolute Gasteiger partial charge is 0.376 e. The Morgan fingerprint density at radius 2 is 1.90 bits per heavy atom. The molecule has 2 saturated heterocycles. The topological polar surface area (TPSA) is 18.5 Å². The van der Waals surface area contributed by atoms with Crippen molar-refractivity contribution in [2.45, 2.75) is 24.9 Å². The molecule has 2 aliphatic rings. The van der Waals surface area contributed by atoms with E-state index >= 15 is 0 Å². The molecule has 2 rings (SSSR count). The lowest BCUT2D eigenvalue weighted by atomic mass is 9.82. The molecule has 4 atom stereocenters. The van der Waals surface area contributed by atoms with Gasteiger partial charge in [0.15, 0.2) is 0 Å². The van der Waals surface area contributed by atoms with Gasteiger partial charge in [-0.2, -0.15) is 0 Å². The molecule has 0 amide bonds. The van der Waals surface area contributed by atoms with E-state index in [4.69, 9.17) is 17.3 Å². The maximum Gasteiger partial charge on any atom is 0.0880 e. The predicted octanol–water partition coefficient (Wildman–Crippen LogP) is 0.377. The molecule has 2 aliphatic heterocycles. The molecule has 2 nitrogen and oxygen atoms in total. The van der Waals surface area contributed by atoms with Gasteiger partial charge in [0.2, 0.25) is 0 Å². The first-order valence-electron chi connectivity index (χ1n) is 3.78. The second-order valence-corrected chi connectivity index (χ2v) is 3.24. The average Bonchev–Trinajstić information content (AvgIpc) is 2.41. The van der Waals surface area contributed by atoms with Gasteiger partial charge in [-0.1, -0.05) is 6.92 Å². The second kappa shape index (κ2) is 2.24. The third kappa shape index (κ3) is 0.806. The van der Waals surface area contributed by atoms with Gasteiger partial charge >= 0.3 is 0 Å². The van der Waals surface area contributed by atoms with E-state index in [1.165, 1.54) is 0 Å². The van der Waals surface area contributed by atoms with Crippen LogP contribution in [0.2, 0.25) is 5.82 Å². The van der Waals surface area contributed by atoms with Crippen molar-refractivity contribution in [1.29, 1.82) is 0 Å². The molecule has 0 aromatic carbocycles. The van der Waals surface area contributed by atoms with Crippen LogP contribution in [-0.2, 0) is 9.47 Å². The Morgan fingerprint density at radius 1 is 1.20 bits per heavy atom. The van der Waals surface area contributed by atoms with E-state index in [1.807, 2.05) is 0 Å². The molecule has 2 radical (unpaired) electrons. The van der Waals surface area contributed by atoms with Crippen LogP contribution in [0.15, 0.2) is 0 Å². The number of ether oxygens (including phenoxy) is 2. The van der Waals surface area contributed by atoms with E-state index in [0.29, 0.717) is 12.5 Å². The third-order valence-corrected chi connectivity index (χ3v) is 2.34. The lowest BCUT2D eigenvalue weighted by molar-refractivity contribution is 0.0658. The van der Waals surface area contributed by atoms with E-state index in [0.717, 1.165) is 6.61 Å². The van der Waals surface area contributed by atoms with Crippen LogP contribution in [0.4, 0.5) is 0 Å². The average molecular weight is 138 g/mol. The van der Waals surface area contributed by atoms with Crippen molar-refractivity contribution in [3.05, 3.63) is 0 Å². The monoisotopic (exact) mass is 138 g/mol. The fraction of sp³-hybridized carbons (Fsp3) is 1.00. The van der Waals surface area contributed by atoms with Gasteiger partial charge in [-0.05, 0) is 5.82 Å². The minimum Gasteiger partial charge on any atom is -0.376 e. The normalized spacial score (nSPS) is 53.3. The highest BCUT2D eigenvalue weighted by atomic mass is 16.6. The van der Waals surface area contributed by atoms with Gasteiger partial charge in [0, 0.05) is 12.5 Å². The Balaban J connectivity index is 2.09. The van der Waals surface area contributed by atoms with Crippen molar-refractivity contribution in [3.8, 4) is 0 Å². The summed E-state index contributed by atoms with van der Waals surface area (Å²) in [5.74, 6) is 0.633. The first-order valence-corrected chi connectivity index (χ1v) is 3.78. The number of hydrogen-bond acceptors (Lipinski definition) is 2. The molecule has 0 aliphatic carbocycles. The minimum atomic E-state index is 0.106. The highest BCUT2D eigenvalue weighted by Crippen LogP contribution is 2.35. The summed E-state index contributed by atoms with van der Waals surface area (Å²) in [6.45, 7) is 3.62. The van der Waals surface area contributed by atoms with Crippen LogP contribution in [0.3, 0.4) is 0 Å². The zero-order valence-corrected chi connectivity index (χ0v) is 6.12. The zero-order valence-electron chi connectivity index (χ0n) is 6.12. The lowest BCUT2D eigenvalue weighted by Crippen LogP contribution is -2.22. The summed E-state index contributed by atoms with van der Waals surface area (Å²) < 4.78 is 10.9. The Morgan fingerprint density at radius 3 is 2.60 bits per heavy atom. The predicted molar refractivity (Wildman–Crippen MR) is 38.1 cm³/mol. The van der Waals surface area contributed by atoms with E-state index < -0.39 is 0 Å². The molecule has 10 heavy (non-hydrogen) atoms. The highest BCUT2D eigenvalue weighted by molar-refractivity contribution is 6.12. The van der Waals surface area contributed by atoms with Gasteiger partial charge in [0.1, 0.15) is 0 Å². The summed E-state index contributed by atoms with van der Waals surface area (Å²) in [6, 6.07) is 0. The molecule has 54 valence electrons. The molecule has 2 fully saturated rings. The summed E-state index contributed by atoms with van der Waals surface area (Å²) in [5.41, 5.74) is 0. The maximum atomic E-state index is 5.73. The molecule has 1 unspecified atom stereocenters. The Bertz CT molecular complexity index is 124. The molecule has 0 bridgehead atoms. The summed E-state index contributed by atoms with van der Waals surface area (Å²) >= 11 is 0. The van der Waals surface area contributed by atoms with Crippen LogP contribution in [-0.4, -0.2) is 33.3 Å². The number of hydrogen-bond donors (Lipinski definition) is 0. The SMILES string of the molecule is [B][C@H]1CO[C@@H]2C(C)CO[C@@H]21. The molecule has 3 heteroatoms. The minimum absolute atomic E-state index is 0.106. The summed E-state index contributed by atoms with van der Waals surface area (Å²) in [5, 5.41) is 0. The molecule has 2 heterocycles. The summed E-state index contributed by atoms with van der Waals surface area (Å²) in [4.78, 5) is 0. The first-order chi connectivity index (χ1) is 4.79. The summed E-state index contributed by atoms with van der Waals surface area (Å²) in [7, 11) is 5.73. The zero-order chi connectivity index (χ0) is 7.14. The van der Waals surface area contributed by atoms with E-state index in [9.17, 15) is 0 Å². The standard InChI is InChI=1S/C7H11BO2/c1-4-2-9-7-5(8)3-10-6(4)7/h4-7H,2-3H2,1H3/t4?,5-,6+,7+/m0/s1. The third-order valence-electron chi connectivity index (χ3n) is 2.34. The van der Waals surface area contributed by atoms with Crippen molar-refractivity contribution >= 4 is 7.85 Å². The first kappa shape index (κ1) is 6.68. The molecule has 0 aromatic rings. The molecule has 0 aromatic heterocycles. The molecular weight excluding hydrogens is 127 g/mol. The van der Waals surface area contributed by atoms with Crippen LogP contribution in [0.5, 0.6) is 0 Å². The summed E-state index contributed by atoms with van der Waals surface area (Å²) in [6.07, 6.45) is 0.449. The van der Waals surface area contributed by atoms with Gasteiger partial charge in [-0.25, -0.2) is 0 Å². The maximum absolute atomic E-state index is 5.73. The van der Waals surface area contributed by atoms with E-state index in [1.54, 1.807) is 0 Å². The molecule has 0 N–H and O–H groups in total. The Kier molecular flexibility index (Phi) is 1.50. The fourth-order valence-corrected chi connectivity index (χ4v) is 1.72. The van der Waals surface area contributed by atoms with Crippen LogP contribution in [0.25, 0.3) is 0 Å². The lowest BCUT2D eigenvalue weighted by Gasteiger charge is -2.11. The fourth-order valence-electron chi connectivity index (χ4n) is 1.72. The quantitative estimate of drug-likeness (QED) is 0.450. The second-order valence-electron chi connectivity index (χ2n) is 3.24. The van der Waals surface area contributed by atoms with Crippen molar-refractivity contribution < 1.29 is 9.47 Å². The molecular formula is C7H11BO2. The van der Waals surface area contributed by atoms with Crippen LogP contribution in [0.1, 0.15) is 6.92 Å². The van der Waals surface area contributed by atoms with Crippen molar-refractivity contribution in [2.24, 2.45) is 5.92 Å². The number of fused-ring (bicyclic) bond motifs is 1. The van der Waals surface area contributed by atoms with Crippen molar-refractivity contribution in [1.82, 2.24) is 0 Å². The van der Waals surface area contributed by atoms with Gasteiger partial charge in [0.25, 0.3) is 0 Å². The van der Waals surface area contributed by atoms with Crippen molar-refractivity contribution in [3.63, 3.8) is 0 Å². The molecule has 0 spiro atoms. The van der Waals surface area contributed by atoms with Gasteiger partial charge < -0.3 is 9.47 Å². The highest BCUT2D eigenvalue weighted by Gasteiger charge is 2.43.